The van der Waals surface area contributed by atoms with E-state index >= 15 is 0 Å². The molecule has 1 aliphatic heterocycles. The van der Waals surface area contributed by atoms with Gasteiger partial charge in [0.15, 0.2) is 5.78 Å². The highest BCUT2D eigenvalue weighted by atomic mass is 35.5. The number of aromatic hydroxyl groups is 2. The summed E-state index contributed by atoms with van der Waals surface area (Å²) in [6.07, 6.45) is 9.46. The number of allylic oxidation sites excluding steroid dienone is 3. The van der Waals surface area contributed by atoms with Gasteiger partial charge in [-0.1, -0.05) is 36.4 Å². The number of ether oxygens (including phenoxy) is 1. The van der Waals surface area contributed by atoms with E-state index in [2.05, 4.69) is 6.58 Å². The molecule has 0 unspecified atom stereocenters. The summed E-state index contributed by atoms with van der Waals surface area (Å²) >= 11 is 6.16. The summed E-state index contributed by atoms with van der Waals surface area (Å²) in [6.45, 7) is 5.75. The Morgan fingerprint density at radius 1 is 1.21 bits per heavy atom. The van der Waals surface area contributed by atoms with Gasteiger partial charge >= 0.3 is 0 Å². The zero-order valence-corrected chi connectivity index (χ0v) is 14.3. The Balaban J connectivity index is 2.49. The van der Waals surface area contributed by atoms with Gasteiger partial charge < -0.3 is 14.9 Å². The minimum absolute atomic E-state index is 0.0222. The molecule has 0 radical (unpaired) electrons. The molecule has 0 spiro atoms. The van der Waals surface area contributed by atoms with Gasteiger partial charge in [-0.15, -0.1) is 0 Å². The Morgan fingerprint density at radius 3 is 2.67 bits per heavy atom. The summed E-state index contributed by atoms with van der Waals surface area (Å²) in [6, 6.07) is 1.13. The van der Waals surface area contributed by atoms with E-state index < -0.39 is 0 Å². The lowest BCUT2D eigenvalue weighted by Gasteiger charge is -2.20. The molecule has 1 atom stereocenters. The number of phenols is 2. The average molecular weight is 349 g/mol. The monoisotopic (exact) mass is 348 g/mol. The molecule has 128 valence electrons. The molecule has 1 heterocycles. The number of benzene rings is 1. The predicted octanol–water partition coefficient (Wildman–Crippen LogP) is 4.53. The van der Waals surface area contributed by atoms with E-state index in [4.69, 9.17) is 16.3 Å². The zero-order chi connectivity index (χ0) is 17.7. The maximum atomic E-state index is 12.2. The SMILES string of the molecule is C=C1O[C@H](C)C/C=C/CC/C=C/C(=O)Cc2c(Cl)c(O)cc(O)c21. The zero-order valence-electron chi connectivity index (χ0n) is 13.6. The van der Waals surface area contributed by atoms with Gasteiger partial charge in [0, 0.05) is 18.9 Å². The second kappa shape index (κ2) is 8.06. The smallest absolute Gasteiger partial charge is 0.159 e. The molecule has 2 rings (SSSR count). The van der Waals surface area contributed by atoms with Gasteiger partial charge in [0.05, 0.1) is 16.7 Å². The van der Waals surface area contributed by atoms with Crippen LogP contribution in [0, 0.1) is 0 Å². The topological polar surface area (TPSA) is 66.8 Å². The maximum Gasteiger partial charge on any atom is 0.159 e. The highest BCUT2D eigenvalue weighted by molar-refractivity contribution is 6.33. The normalized spacial score (nSPS) is 22.2. The summed E-state index contributed by atoms with van der Waals surface area (Å²) in [5.74, 6) is -0.456. The lowest BCUT2D eigenvalue weighted by molar-refractivity contribution is -0.114. The van der Waals surface area contributed by atoms with Gasteiger partial charge in [-0.25, -0.2) is 0 Å². The largest absolute Gasteiger partial charge is 0.507 e. The highest BCUT2D eigenvalue weighted by Gasteiger charge is 2.22. The summed E-state index contributed by atoms with van der Waals surface area (Å²) in [5.41, 5.74) is 0.570. The standard InChI is InChI=1S/C19H21ClO4/c1-12-8-6-4-3-5-7-9-14(21)10-15-18(13(2)24-12)16(22)11-17(23)19(15)20/h4,6-7,9,11-12,22-23H,2-3,5,8,10H2,1H3/b6-4+,9-7+/t12-/m1/s1. The average Bonchev–Trinajstić information content (AvgIpc) is 2.50. The van der Waals surface area contributed by atoms with Gasteiger partial charge in [0.2, 0.25) is 0 Å². The van der Waals surface area contributed by atoms with Gasteiger partial charge in [0.1, 0.15) is 17.3 Å². The third-order valence-corrected chi connectivity index (χ3v) is 4.15. The van der Waals surface area contributed by atoms with E-state index in [-0.39, 0.29) is 46.2 Å². The van der Waals surface area contributed by atoms with E-state index in [0.717, 1.165) is 18.9 Å². The molecule has 0 saturated carbocycles. The number of hydrogen-bond donors (Lipinski definition) is 2. The Hall–Kier alpha value is -2.20. The molecule has 5 heteroatoms. The third-order valence-electron chi connectivity index (χ3n) is 3.73. The Labute approximate surface area is 146 Å². The number of hydrogen-bond acceptors (Lipinski definition) is 4. The quantitative estimate of drug-likeness (QED) is 0.676. The highest BCUT2D eigenvalue weighted by Crippen LogP contribution is 2.40. The van der Waals surface area contributed by atoms with Crippen molar-refractivity contribution in [1.82, 2.24) is 0 Å². The minimum atomic E-state index is -0.283. The van der Waals surface area contributed by atoms with Crippen molar-refractivity contribution in [3.63, 3.8) is 0 Å². The summed E-state index contributed by atoms with van der Waals surface area (Å²) in [5, 5.41) is 20.1. The van der Waals surface area contributed by atoms with E-state index in [0.29, 0.717) is 12.0 Å². The van der Waals surface area contributed by atoms with Crippen molar-refractivity contribution in [2.75, 3.05) is 0 Å². The predicted molar refractivity (Wildman–Crippen MR) is 95.2 cm³/mol. The molecular formula is C19H21ClO4. The van der Waals surface area contributed by atoms with Crippen LogP contribution in [0.4, 0.5) is 0 Å². The van der Waals surface area contributed by atoms with E-state index in [1.807, 2.05) is 25.2 Å². The summed E-state index contributed by atoms with van der Waals surface area (Å²) < 4.78 is 5.76. The first-order chi connectivity index (χ1) is 11.4. The van der Waals surface area contributed by atoms with Crippen LogP contribution in [0.5, 0.6) is 11.5 Å². The fraction of sp³-hybridized carbons (Fsp3) is 0.316. The van der Waals surface area contributed by atoms with Crippen molar-refractivity contribution in [1.29, 1.82) is 0 Å². The summed E-state index contributed by atoms with van der Waals surface area (Å²) in [7, 11) is 0. The second-order valence-corrected chi connectivity index (χ2v) is 6.14. The van der Waals surface area contributed by atoms with Crippen LogP contribution in [0.2, 0.25) is 5.02 Å². The van der Waals surface area contributed by atoms with Crippen LogP contribution in [0.3, 0.4) is 0 Å². The van der Waals surface area contributed by atoms with Crippen molar-refractivity contribution in [3.8, 4) is 11.5 Å². The number of rotatable bonds is 0. The molecular weight excluding hydrogens is 328 g/mol. The Morgan fingerprint density at radius 2 is 1.92 bits per heavy atom. The van der Waals surface area contributed by atoms with Gasteiger partial charge in [0.25, 0.3) is 0 Å². The van der Waals surface area contributed by atoms with Crippen LogP contribution in [0.25, 0.3) is 5.76 Å². The Bertz CT molecular complexity index is 704. The van der Waals surface area contributed by atoms with Crippen molar-refractivity contribution in [2.45, 2.75) is 38.7 Å². The number of carbonyl (C=O) groups is 1. The number of ketones is 1. The van der Waals surface area contributed by atoms with Crippen molar-refractivity contribution >= 4 is 23.1 Å². The minimum Gasteiger partial charge on any atom is -0.507 e. The van der Waals surface area contributed by atoms with Crippen LogP contribution in [-0.2, 0) is 16.0 Å². The lowest BCUT2D eigenvalue weighted by Crippen LogP contribution is -2.09. The molecule has 0 saturated heterocycles. The lowest BCUT2D eigenvalue weighted by atomic mass is 9.98. The molecule has 0 aromatic heterocycles. The fourth-order valence-corrected chi connectivity index (χ4v) is 2.77. The Kier molecular flexibility index (Phi) is 6.10. The van der Waals surface area contributed by atoms with Crippen LogP contribution in [0.15, 0.2) is 36.9 Å². The number of fused-ring (bicyclic) bond motifs is 1. The molecule has 4 nitrogen and oxygen atoms in total. The third kappa shape index (κ3) is 4.42. The van der Waals surface area contributed by atoms with Crippen LogP contribution in [0.1, 0.15) is 37.3 Å². The number of halogens is 1. The molecule has 2 N–H and O–H groups in total. The second-order valence-electron chi connectivity index (χ2n) is 5.76. The first kappa shape index (κ1) is 18.1. The number of carbonyl (C=O) groups excluding carboxylic acids is 1. The molecule has 0 bridgehead atoms. The molecule has 0 amide bonds. The first-order valence-corrected chi connectivity index (χ1v) is 8.21. The maximum absolute atomic E-state index is 12.2. The number of phenolic OH excluding ortho intramolecular Hbond substituents is 2. The van der Waals surface area contributed by atoms with Crippen molar-refractivity contribution in [3.05, 3.63) is 53.1 Å². The van der Waals surface area contributed by atoms with E-state index in [1.165, 1.54) is 6.08 Å². The van der Waals surface area contributed by atoms with Gasteiger partial charge in [-0.3, -0.25) is 4.79 Å². The first-order valence-electron chi connectivity index (χ1n) is 7.83. The molecule has 24 heavy (non-hydrogen) atoms. The molecule has 1 aromatic rings. The molecule has 1 aliphatic rings. The van der Waals surface area contributed by atoms with E-state index in [1.54, 1.807) is 0 Å². The van der Waals surface area contributed by atoms with Gasteiger partial charge in [-0.2, -0.15) is 0 Å². The van der Waals surface area contributed by atoms with Crippen molar-refractivity contribution < 1.29 is 19.7 Å². The van der Waals surface area contributed by atoms with Crippen LogP contribution in [-0.4, -0.2) is 22.1 Å². The van der Waals surface area contributed by atoms with Crippen LogP contribution >= 0.6 is 11.6 Å². The van der Waals surface area contributed by atoms with Gasteiger partial charge in [-0.05, 0) is 31.4 Å². The fourth-order valence-electron chi connectivity index (χ4n) is 2.56. The van der Waals surface area contributed by atoms with Crippen LogP contribution < -0.4 is 0 Å². The van der Waals surface area contributed by atoms with E-state index in [9.17, 15) is 15.0 Å². The molecule has 0 aliphatic carbocycles. The van der Waals surface area contributed by atoms with Crippen molar-refractivity contribution in [2.24, 2.45) is 0 Å². The molecule has 1 aromatic carbocycles. The molecule has 0 fully saturated rings. The summed E-state index contributed by atoms with van der Waals surface area (Å²) in [4.78, 5) is 12.2.